The van der Waals surface area contributed by atoms with Crippen LogP contribution in [0.3, 0.4) is 0 Å². The highest BCUT2D eigenvalue weighted by molar-refractivity contribution is 5.81. The van der Waals surface area contributed by atoms with Gasteiger partial charge in [-0.3, -0.25) is 10.1 Å². The first kappa shape index (κ1) is 13.5. The highest BCUT2D eigenvalue weighted by atomic mass is 16.7. The number of nitrogens with two attached hydrogens (primary N) is 1. The van der Waals surface area contributed by atoms with E-state index in [0.717, 1.165) is 22.6 Å². The lowest BCUT2D eigenvalue weighted by molar-refractivity contribution is -0.120. The van der Waals surface area contributed by atoms with Crippen molar-refractivity contribution in [3.05, 3.63) is 59.7 Å². The molecular weight excluding hydrogens is 268 g/mol. The molecule has 0 aromatic heterocycles. The summed E-state index contributed by atoms with van der Waals surface area (Å²) in [5.41, 5.74) is 7.27. The standard InChI is InChI=1S/C16H16N2O3/c17-16(19)14(11-5-2-1-3-6-11)18-9-12-7-4-8-13-15(12)21-10-20-13/h1-8,14,18H,9-10H2,(H2,17,19). The van der Waals surface area contributed by atoms with E-state index in [1.165, 1.54) is 0 Å². The molecule has 0 saturated heterocycles. The Morgan fingerprint density at radius 1 is 1.14 bits per heavy atom. The Labute approximate surface area is 122 Å². The molecule has 3 rings (SSSR count). The molecule has 1 amide bonds. The average Bonchev–Trinajstić information content (AvgIpc) is 2.97. The first-order valence-electron chi connectivity index (χ1n) is 6.71. The van der Waals surface area contributed by atoms with Crippen molar-refractivity contribution < 1.29 is 14.3 Å². The van der Waals surface area contributed by atoms with Crippen LogP contribution in [0.5, 0.6) is 11.5 Å². The Hall–Kier alpha value is -2.53. The van der Waals surface area contributed by atoms with Crippen molar-refractivity contribution in [1.29, 1.82) is 0 Å². The minimum absolute atomic E-state index is 0.226. The fourth-order valence-electron chi connectivity index (χ4n) is 2.37. The predicted molar refractivity (Wildman–Crippen MR) is 77.8 cm³/mol. The van der Waals surface area contributed by atoms with E-state index in [9.17, 15) is 4.79 Å². The number of para-hydroxylation sites is 1. The molecule has 0 fully saturated rings. The molecule has 5 nitrogen and oxygen atoms in total. The third-order valence-corrected chi connectivity index (χ3v) is 3.39. The lowest BCUT2D eigenvalue weighted by Gasteiger charge is -2.16. The number of carbonyl (C=O) groups is 1. The van der Waals surface area contributed by atoms with E-state index < -0.39 is 11.9 Å². The summed E-state index contributed by atoms with van der Waals surface area (Å²) in [4.78, 5) is 11.7. The fourth-order valence-corrected chi connectivity index (χ4v) is 2.37. The molecule has 2 aromatic carbocycles. The quantitative estimate of drug-likeness (QED) is 0.877. The zero-order valence-corrected chi connectivity index (χ0v) is 11.4. The van der Waals surface area contributed by atoms with E-state index in [1.54, 1.807) is 0 Å². The lowest BCUT2D eigenvalue weighted by Crippen LogP contribution is -2.33. The van der Waals surface area contributed by atoms with Crippen LogP contribution in [0.25, 0.3) is 0 Å². The van der Waals surface area contributed by atoms with Gasteiger partial charge in [-0.05, 0) is 11.6 Å². The van der Waals surface area contributed by atoms with E-state index in [2.05, 4.69) is 5.32 Å². The van der Waals surface area contributed by atoms with E-state index in [-0.39, 0.29) is 6.79 Å². The van der Waals surface area contributed by atoms with Gasteiger partial charge in [-0.1, -0.05) is 42.5 Å². The van der Waals surface area contributed by atoms with Crippen molar-refractivity contribution in [1.82, 2.24) is 5.32 Å². The number of nitrogens with one attached hydrogen (secondary N) is 1. The molecule has 1 atom stereocenters. The van der Waals surface area contributed by atoms with Gasteiger partial charge in [-0.25, -0.2) is 0 Å². The molecule has 2 aromatic rings. The van der Waals surface area contributed by atoms with Crippen LogP contribution < -0.4 is 20.5 Å². The summed E-state index contributed by atoms with van der Waals surface area (Å²) in [5.74, 6) is 1.04. The number of benzene rings is 2. The Morgan fingerprint density at radius 3 is 2.71 bits per heavy atom. The van der Waals surface area contributed by atoms with Crippen molar-refractivity contribution in [2.75, 3.05) is 6.79 Å². The van der Waals surface area contributed by atoms with Crippen molar-refractivity contribution in [2.24, 2.45) is 5.73 Å². The summed E-state index contributed by atoms with van der Waals surface area (Å²) in [7, 11) is 0. The highest BCUT2D eigenvalue weighted by Gasteiger charge is 2.20. The Bertz CT molecular complexity index is 643. The van der Waals surface area contributed by atoms with Gasteiger partial charge in [0.1, 0.15) is 6.04 Å². The van der Waals surface area contributed by atoms with Crippen LogP contribution in [-0.4, -0.2) is 12.7 Å². The predicted octanol–water partition coefficient (Wildman–Crippen LogP) is 1.73. The number of carbonyl (C=O) groups excluding carboxylic acids is 1. The molecule has 0 spiro atoms. The number of ether oxygens (including phenoxy) is 2. The number of fused-ring (bicyclic) bond motifs is 1. The van der Waals surface area contributed by atoms with Crippen LogP contribution in [0.1, 0.15) is 17.2 Å². The average molecular weight is 284 g/mol. The van der Waals surface area contributed by atoms with E-state index in [4.69, 9.17) is 15.2 Å². The summed E-state index contributed by atoms with van der Waals surface area (Å²) in [6.07, 6.45) is 0. The first-order valence-corrected chi connectivity index (χ1v) is 6.71. The number of primary amides is 1. The zero-order chi connectivity index (χ0) is 14.7. The van der Waals surface area contributed by atoms with Gasteiger partial charge in [-0.15, -0.1) is 0 Å². The van der Waals surface area contributed by atoms with E-state index in [1.807, 2.05) is 48.5 Å². The monoisotopic (exact) mass is 284 g/mol. The minimum Gasteiger partial charge on any atom is -0.454 e. The molecule has 0 aliphatic carbocycles. The number of rotatable bonds is 5. The molecule has 1 aliphatic rings. The molecule has 1 aliphatic heterocycles. The summed E-state index contributed by atoms with van der Waals surface area (Å²) in [5, 5.41) is 3.17. The number of amides is 1. The van der Waals surface area contributed by atoms with Gasteiger partial charge in [0.25, 0.3) is 0 Å². The lowest BCUT2D eigenvalue weighted by atomic mass is 10.1. The molecule has 5 heteroatoms. The normalized spacial score (nSPS) is 13.9. The van der Waals surface area contributed by atoms with Crippen LogP contribution >= 0.6 is 0 Å². The molecule has 0 saturated carbocycles. The van der Waals surface area contributed by atoms with Crippen LogP contribution in [-0.2, 0) is 11.3 Å². The smallest absolute Gasteiger partial charge is 0.239 e. The van der Waals surface area contributed by atoms with Crippen LogP contribution in [0.2, 0.25) is 0 Å². The Balaban J connectivity index is 1.77. The second-order valence-corrected chi connectivity index (χ2v) is 4.78. The van der Waals surface area contributed by atoms with Gasteiger partial charge in [0.2, 0.25) is 12.7 Å². The molecule has 0 radical (unpaired) electrons. The first-order chi connectivity index (χ1) is 10.3. The third-order valence-electron chi connectivity index (χ3n) is 3.39. The summed E-state index contributed by atoms with van der Waals surface area (Å²) < 4.78 is 10.8. The van der Waals surface area contributed by atoms with Gasteiger partial charge in [0.15, 0.2) is 11.5 Å². The molecule has 1 unspecified atom stereocenters. The maximum atomic E-state index is 11.7. The van der Waals surface area contributed by atoms with Crippen molar-refractivity contribution >= 4 is 5.91 Å². The largest absolute Gasteiger partial charge is 0.454 e. The second kappa shape index (κ2) is 5.85. The van der Waals surface area contributed by atoms with Gasteiger partial charge in [-0.2, -0.15) is 0 Å². The number of hydrogen-bond donors (Lipinski definition) is 2. The molecule has 0 bridgehead atoms. The molecule has 3 N–H and O–H groups in total. The SMILES string of the molecule is NC(=O)C(NCc1cccc2c1OCO2)c1ccccc1. The molecular formula is C16H16N2O3. The summed E-state index contributed by atoms with van der Waals surface area (Å²) >= 11 is 0. The maximum absolute atomic E-state index is 11.7. The third kappa shape index (κ3) is 2.83. The van der Waals surface area contributed by atoms with Gasteiger partial charge in [0, 0.05) is 12.1 Å². The van der Waals surface area contributed by atoms with Crippen LogP contribution in [0, 0.1) is 0 Å². The highest BCUT2D eigenvalue weighted by Crippen LogP contribution is 2.35. The molecule has 108 valence electrons. The summed E-state index contributed by atoms with van der Waals surface area (Å²) in [6.45, 7) is 0.694. The van der Waals surface area contributed by atoms with E-state index >= 15 is 0 Å². The second-order valence-electron chi connectivity index (χ2n) is 4.78. The summed E-state index contributed by atoms with van der Waals surface area (Å²) in [6, 6.07) is 14.6. The maximum Gasteiger partial charge on any atom is 0.239 e. The van der Waals surface area contributed by atoms with Crippen LogP contribution in [0.4, 0.5) is 0 Å². The van der Waals surface area contributed by atoms with Crippen molar-refractivity contribution in [3.8, 4) is 11.5 Å². The molecule has 21 heavy (non-hydrogen) atoms. The fraction of sp³-hybridized carbons (Fsp3) is 0.188. The molecule has 1 heterocycles. The van der Waals surface area contributed by atoms with Crippen LogP contribution in [0.15, 0.2) is 48.5 Å². The zero-order valence-electron chi connectivity index (χ0n) is 11.4. The minimum atomic E-state index is -0.538. The Morgan fingerprint density at radius 2 is 1.95 bits per heavy atom. The van der Waals surface area contributed by atoms with Crippen molar-refractivity contribution in [2.45, 2.75) is 12.6 Å². The van der Waals surface area contributed by atoms with Crippen molar-refractivity contribution in [3.63, 3.8) is 0 Å². The van der Waals surface area contributed by atoms with Gasteiger partial charge < -0.3 is 15.2 Å². The van der Waals surface area contributed by atoms with E-state index in [0.29, 0.717) is 6.54 Å². The van der Waals surface area contributed by atoms with Gasteiger partial charge >= 0.3 is 0 Å². The number of hydrogen-bond acceptors (Lipinski definition) is 4. The topological polar surface area (TPSA) is 73.6 Å². The Kier molecular flexibility index (Phi) is 3.75. The van der Waals surface area contributed by atoms with Gasteiger partial charge in [0.05, 0.1) is 0 Å².